The molecule has 8 heteroatoms. The van der Waals surface area contributed by atoms with E-state index >= 15 is 0 Å². The van der Waals surface area contributed by atoms with Gasteiger partial charge in [-0.25, -0.2) is 4.90 Å². The highest BCUT2D eigenvalue weighted by Crippen LogP contribution is 2.39. The first-order valence-corrected chi connectivity index (χ1v) is 10.1. The van der Waals surface area contributed by atoms with Crippen LogP contribution in [-0.2, 0) is 16.0 Å². The van der Waals surface area contributed by atoms with Crippen molar-refractivity contribution in [1.82, 2.24) is 0 Å². The van der Waals surface area contributed by atoms with Gasteiger partial charge >= 0.3 is 0 Å². The molecule has 2 aromatic rings. The predicted molar refractivity (Wildman–Crippen MR) is 115 cm³/mol. The lowest BCUT2D eigenvalue weighted by atomic mass is 9.85. The van der Waals surface area contributed by atoms with E-state index in [-0.39, 0.29) is 35.0 Å². The van der Waals surface area contributed by atoms with Gasteiger partial charge in [0.25, 0.3) is 5.69 Å². The molecule has 1 aliphatic carbocycles. The molecule has 30 heavy (non-hydrogen) atoms. The molecule has 2 atom stereocenters. The SMILES string of the molecule is O=C1[C@H]2CC=CC[C@@H]2C(=O)N1c1ccc(NCCc2ccccc2Cl)c([N+](=O)[O-])c1. The zero-order valence-electron chi connectivity index (χ0n) is 16.1. The highest BCUT2D eigenvalue weighted by Gasteiger charge is 2.48. The normalized spacial score (nSPS) is 20.4. The van der Waals surface area contributed by atoms with Crippen molar-refractivity contribution in [1.29, 1.82) is 0 Å². The third-order valence-electron chi connectivity index (χ3n) is 5.61. The van der Waals surface area contributed by atoms with Crippen LogP contribution in [0, 0.1) is 22.0 Å². The highest BCUT2D eigenvalue weighted by molar-refractivity contribution is 6.31. The van der Waals surface area contributed by atoms with Gasteiger partial charge < -0.3 is 5.32 Å². The van der Waals surface area contributed by atoms with Crippen LogP contribution in [-0.4, -0.2) is 23.3 Å². The van der Waals surface area contributed by atoms with Crippen LogP contribution in [0.25, 0.3) is 0 Å². The molecule has 7 nitrogen and oxygen atoms in total. The van der Waals surface area contributed by atoms with Gasteiger partial charge in [-0.05, 0) is 43.0 Å². The molecule has 154 valence electrons. The van der Waals surface area contributed by atoms with E-state index in [1.165, 1.54) is 6.07 Å². The van der Waals surface area contributed by atoms with Crippen molar-refractivity contribution in [3.8, 4) is 0 Å². The molecule has 0 radical (unpaired) electrons. The number of nitrogens with zero attached hydrogens (tertiary/aromatic N) is 2. The molecular formula is C22H20ClN3O4. The number of halogens is 1. The summed E-state index contributed by atoms with van der Waals surface area (Å²) in [5.41, 5.74) is 1.33. The largest absolute Gasteiger partial charge is 0.379 e. The van der Waals surface area contributed by atoms with Crippen LogP contribution < -0.4 is 10.2 Å². The quantitative estimate of drug-likeness (QED) is 0.321. The van der Waals surface area contributed by atoms with E-state index in [1.807, 2.05) is 30.4 Å². The summed E-state index contributed by atoms with van der Waals surface area (Å²) in [6.07, 6.45) is 5.46. The molecule has 4 rings (SSSR count). The number of nitrogens with one attached hydrogen (secondary N) is 1. The van der Waals surface area contributed by atoms with Crippen molar-refractivity contribution in [2.75, 3.05) is 16.8 Å². The van der Waals surface area contributed by atoms with Gasteiger partial charge in [-0.3, -0.25) is 19.7 Å². The Balaban J connectivity index is 1.54. The van der Waals surface area contributed by atoms with E-state index in [4.69, 9.17) is 11.6 Å². The molecular weight excluding hydrogens is 406 g/mol. The maximum atomic E-state index is 12.8. The maximum Gasteiger partial charge on any atom is 0.294 e. The molecule has 0 unspecified atom stereocenters. The highest BCUT2D eigenvalue weighted by atomic mass is 35.5. The van der Waals surface area contributed by atoms with E-state index in [9.17, 15) is 19.7 Å². The van der Waals surface area contributed by atoms with Gasteiger partial charge in [0.1, 0.15) is 5.69 Å². The summed E-state index contributed by atoms with van der Waals surface area (Å²) in [5, 5.41) is 15.3. The zero-order valence-corrected chi connectivity index (χ0v) is 16.8. The van der Waals surface area contributed by atoms with E-state index < -0.39 is 4.92 Å². The average Bonchev–Trinajstić information content (AvgIpc) is 3.00. The second-order valence-electron chi connectivity index (χ2n) is 7.39. The molecule has 1 N–H and O–H groups in total. The molecule has 2 aliphatic rings. The molecule has 1 saturated heterocycles. The van der Waals surface area contributed by atoms with Gasteiger partial charge in [-0.2, -0.15) is 0 Å². The van der Waals surface area contributed by atoms with Gasteiger partial charge in [0.05, 0.1) is 22.4 Å². The summed E-state index contributed by atoms with van der Waals surface area (Å²) in [7, 11) is 0. The number of nitro benzene ring substituents is 1. The molecule has 2 amide bonds. The Hall–Kier alpha value is -3.19. The fourth-order valence-electron chi connectivity index (χ4n) is 4.05. The van der Waals surface area contributed by atoms with Crippen LogP contribution in [0.3, 0.4) is 0 Å². The minimum Gasteiger partial charge on any atom is -0.379 e. The zero-order chi connectivity index (χ0) is 21.3. The number of hydrogen-bond donors (Lipinski definition) is 1. The fourth-order valence-corrected chi connectivity index (χ4v) is 4.28. The minimum absolute atomic E-state index is 0.180. The van der Waals surface area contributed by atoms with E-state index in [2.05, 4.69) is 5.32 Å². The second-order valence-corrected chi connectivity index (χ2v) is 7.80. The van der Waals surface area contributed by atoms with Crippen LogP contribution in [0.5, 0.6) is 0 Å². The summed E-state index contributed by atoms with van der Waals surface area (Å²) < 4.78 is 0. The molecule has 1 heterocycles. The number of hydrogen-bond acceptors (Lipinski definition) is 5. The Bertz CT molecular complexity index is 1030. The monoisotopic (exact) mass is 425 g/mol. The first kappa shape index (κ1) is 20.1. The second kappa shape index (κ2) is 8.28. The van der Waals surface area contributed by atoms with Crippen molar-refractivity contribution in [2.45, 2.75) is 19.3 Å². The number of rotatable bonds is 6. The molecule has 0 spiro atoms. The fraction of sp³-hybridized carbons (Fsp3) is 0.273. The van der Waals surface area contributed by atoms with Crippen LogP contribution >= 0.6 is 11.6 Å². The summed E-state index contributed by atoms with van der Waals surface area (Å²) in [4.78, 5) is 37.7. The van der Waals surface area contributed by atoms with Crippen LogP contribution in [0.4, 0.5) is 17.1 Å². The maximum absolute atomic E-state index is 12.8. The summed E-state index contributed by atoms with van der Waals surface area (Å²) in [6.45, 7) is 0.446. The standard InChI is InChI=1S/C22H20ClN3O4/c23-18-8-4-1-5-14(18)11-12-24-19-10-9-15(13-20(19)26(29)30)25-21(27)16-6-2-3-7-17(16)22(25)28/h1-5,8-10,13,16-17,24H,6-7,11-12H2/t16-,17-/m0/s1. The van der Waals surface area contributed by atoms with Gasteiger partial charge in [-0.1, -0.05) is 42.0 Å². The molecule has 1 fully saturated rings. The van der Waals surface area contributed by atoms with Crippen LogP contribution in [0.1, 0.15) is 18.4 Å². The predicted octanol–water partition coefficient (Wildman–Crippen LogP) is 4.36. The van der Waals surface area contributed by atoms with Crippen LogP contribution in [0.2, 0.25) is 5.02 Å². The molecule has 0 saturated carbocycles. The van der Waals surface area contributed by atoms with Gasteiger partial charge in [-0.15, -0.1) is 0 Å². The number of benzene rings is 2. The topological polar surface area (TPSA) is 92.6 Å². The number of anilines is 2. The first-order valence-electron chi connectivity index (χ1n) is 9.76. The molecule has 2 aromatic carbocycles. The third kappa shape index (κ3) is 3.68. The van der Waals surface area contributed by atoms with E-state index in [1.54, 1.807) is 18.2 Å². The minimum atomic E-state index is -0.513. The van der Waals surface area contributed by atoms with Crippen molar-refractivity contribution in [3.63, 3.8) is 0 Å². The number of nitro groups is 1. The Morgan fingerprint density at radius 2 is 1.73 bits per heavy atom. The third-order valence-corrected chi connectivity index (χ3v) is 5.98. The van der Waals surface area contributed by atoms with Crippen LogP contribution in [0.15, 0.2) is 54.6 Å². The number of amides is 2. The lowest BCUT2D eigenvalue weighted by Gasteiger charge is -2.16. The van der Waals surface area contributed by atoms with Crippen molar-refractivity contribution >= 4 is 40.5 Å². The lowest BCUT2D eigenvalue weighted by Crippen LogP contribution is -2.30. The molecule has 0 aromatic heterocycles. The average molecular weight is 426 g/mol. The Kier molecular flexibility index (Phi) is 5.55. The summed E-state index contributed by atoms with van der Waals surface area (Å²) in [5.74, 6) is -1.34. The lowest BCUT2D eigenvalue weighted by molar-refractivity contribution is -0.383. The summed E-state index contributed by atoms with van der Waals surface area (Å²) in [6, 6.07) is 11.8. The van der Waals surface area contributed by atoms with Crippen molar-refractivity contribution < 1.29 is 14.5 Å². The number of imide groups is 1. The summed E-state index contributed by atoms with van der Waals surface area (Å²) >= 11 is 6.15. The van der Waals surface area contributed by atoms with Gasteiger partial charge in [0.15, 0.2) is 0 Å². The first-order chi connectivity index (χ1) is 14.5. The molecule has 1 aliphatic heterocycles. The van der Waals surface area contributed by atoms with Crippen molar-refractivity contribution in [2.24, 2.45) is 11.8 Å². The van der Waals surface area contributed by atoms with E-state index in [0.29, 0.717) is 36.5 Å². The number of carbonyl (C=O) groups is 2. The van der Waals surface area contributed by atoms with E-state index in [0.717, 1.165) is 10.5 Å². The molecule has 0 bridgehead atoms. The van der Waals surface area contributed by atoms with Gasteiger partial charge in [0.2, 0.25) is 11.8 Å². The van der Waals surface area contributed by atoms with Crippen molar-refractivity contribution in [3.05, 3.63) is 75.3 Å². The Labute approximate surface area is 178 Å². The van der Waals surface area contributed by atoms with Gasteiger partial charge in [0, 0.05) is 17.6 Å². The Morgan fingerprint density at radius 1 is 1.07 bits per heavy atom. The Morgan fingerprint density at radius 3 is 2.37 bits per heavy atom. The number of carbonyl (C=O) groups excluding carboxylic acids is 2. The smallest absolute Gasteiger partial charge is 0.294 e. The number of fused-ring (bicyclic) bond motifs is 1. The number of allylic oxidation sites excluding steroid dienone is 2.